The number of nitrogens with two attached hydrogens (primary N) is 1. The number of hydrogen-bond acceptors (Lipinski definition) is 5. The molecule has 0 aliphatic rings. The van der Waals surface area contributed by atoms with Crippen LogP contribution in [0.5, 0.6) is 11.6 Å². The lowest BCUT2D eigenvalue weighted by Gasteiger charge is -2.05. The molecule has 18 heavy (non-hydrogen) atoms. The van der Waals surface area contributed by atoms with Crippen molar-refractivity contribution in [2.24, 2.45) is 0 Å². The van der Waals surface area contributed by atoms with Crippen molar-refractivity contribution < 1.29 is 9.66 Å². The van der Waals surface area contributed by atoms with E-state index in [2.05, 4.69) is 4.98 Å². The van der Waals surface area contributed by atoms with Gasteiger partial charge in [0, 0.05) is 11.6 Å². The average Bonchev–Trinajstić information content (AvgIpc) is 2.34. The van der Waals surface area contributed by atoms with E-state index in [9.17, 15) is 10.1 Å². The van der Waals surface area contributed by atoms with Crippen molar-refractivity contribution in [1.82, 2.24) is 4.98 Å². The third-order valence-electron chi connectivity index (χ3n) is 2.36. The second-order valence-electron chi connectivity index (χ2n) is 3.74. The van der Waals surface area contributed by atoms with Crippen molar-refractivity contribution >= 4 is 11.4 Å². The maximum atomic E-state index is 10.8. The first-order valence-electron chi connectivity index (χ1n) is 5.20. The lowest BCUT2D eigenvalue weighted by Crippen LogP contribution is -1.94. The Bertz CT molecular complexity index is 582. The van der Waals surface area contributed by atoms with Gasteiger partial charge in [-0.3, -0.25) is 10.1 Å². The third kappa shape index (κ3) is 2.54. The van der Waals surface area contributed by atoms with Crippen molar-refractivity contribution in [3.05, 3.63) is 52.2 Å². The van der Waals surface area contributed by atoms with Crippen LogP contribution in [0.25, 0.3) is 0 Å². The van der Waals surface area contributed by atoms with Crippen LogP contribution in [0.15, 0.2) is 36.5 Å². The van der Waals surface area contributed by atoms with E-state index in [0.29, 0.717) is 22.9 Å². The second kappa shape index (κ2) is 4.70. The molecule has 0 saturated carbocycles. The molecule has 2 N–H and O–H groups in total. The minimum absolute atomic E-state index is 0.0166. The number of anilines is 1. The predicted molar refractivity (Wildman–Crippen MR) is 66.6 cm³/mol. The molecule has 1 heterocycles. The maximum Gasteiger partial charge on any atom is 0.276 e. The highest BCUT2D eigenvalue weighted by Crippen LogP contribution is 2.27. The predicted octanol–water partition coefficient (Wildman–Crippen LogP) is 2.67. The monoisotopic (exact) mass is 245 g/mol. The maximum absolute atomic E-state index is 10.8. The molecule has 92 valence electrons. The summed E-state index contributed by atoms with van der Waals surface area (Å²) >= 11 is 0. The molecule has 0 aliphatic carbocycles. The Morgan fingerprint density at radius 2 is 2.11 bits per heavy atom. The van der Waals surface area contributed by atoms with E-state index in [1.807, 2.05) is 0 Å². The van der Waals surface area contributed by atoms with Gasteiger partial charge in [0.05, 0.1) is 22.9 Å². The fourth-order valence-corrected chi connectivity index (χ4v) is 1.42. The number of pyridine rings is 1. The number of hydrogen-bond donors (Lipinski definition) is 1. The Kier molecular flexibility index (Phi) is 3.09. The summed E-state index contributed by atoms with van der Waals surface area (Å²) in [5, 5.41) is 10.8. The minimum atomic E-state index is -0.446. The standard InChI is InChI=1S/C12H11N3O3/c1-8-2-4-10(6-11(8)15(16)17)18-12-5-3-9(13)7-14-12/h2-7H,13H2,1H3. The molecule has 0 bridgehead atoms. The van der Waals surface area contributed by atoms with E-state index >= 15 is 0 Å². The van der Waals surface area contributed by atoms with Crippen LogP contribution in [-0.2, 0) is 0 Å². The molecule has 0 radical (unpaired) electrons. The molecule has 0 saturated heterocycles. The Hall–Kier alpha value is -2.63. The van der Waals surface area contributed by atoms with Gasteiger partial charge in [0.2, 0.25) is 5.88 Å². The normalized spacial score (nSPS) is 10.1. The van der Waals surface area contributed by atoms with E-state index in [0.717, 1.165) is 0 Å². The highest BCUT2D eigenvalue weighted by atomic mass is 16.6. The molecule has 0 aliphatic heterocycles. The Labute approximate surface area is 103 Å². The molecule has 0 unspecified atom stereocenters. The van der Waals surface area contributed by atoms with E-state index in [-0.39, 0.29) is 5.69 Å². The molecule has 6 heteroatoms. The van der Waals surface area contributed by atoms with Gasteiger partial charge in [0.15, 0.2) is 0 Å². The van der Waals surface area contributed by atoms with E-state index in [1.54, 1.807) is 31.2 Å². The number of nitro groups is 1. The van der Waals surface area contributed by atoms with Gasteiger partial charge in [-0.25, -0.2) is 4.98 Å². The first-order chi connectivity index (χ1) is 8.56. The second-order valence-corrected chi connectivity index (χ2v) is 3.74. The van der Waals surface area contributed by atoms with E-state index in [4.69, 9.17) is 10.5 Å². The van der Waals surface area contributed by atoms with Crippen molar-refractivity contribution in [2.75, 3.05) is 5.73 Å². The molecule has 0 atom stereocenters. The van der Waals surface area contributed by atoms with Gasteiger partial charge in [-0.1, -0.05) is 0 Å². The van der Waals surface area contributed by atoms with E-state index in [1.165, 1.54) is 12.3 Å². The first-order valence-corrected chi connectivity index (χ1v) is 5.20. The van der Waals surface area contributed by atoms with Crippen LogP contribution < -0.4 is 10.5 Å². The van der Waals surface area contributed by atoms with Crippen molar-refractivity contribution in [3.63, 3.8) is 0 Å². The summed E-state index contributed by atoms with van der Waals surface area (Å²) in [5.41, 5.74) is 6.62. The first kappa shape index (κ1) is 11.8. The molecule has 0 spiro atoms. The molecule has 1 aromatic heterocycles. The van der Waals surface area contributed by atoms with Crippen LogP contribution in [0.3, 0.4) is 0 Å². The molecular formula is C12H11N3O3. The minimum Gasteiger partial charge on any atom is -0.439 e. The van der Waals surface area contributed by atoms with Crippen molar-refractivity contribution in [1.29, 1.82) is 0 Å². The fraction of sp³-hybridized carbons (Fsp3) is 0.0833. The summed E-state index contributed by atoms with van der Waals surface area (Å²) in [6.45, 7) is 1.67. The largest absolute Gasteiger partial charge is 0.439 e. The Balaban J connectivity index is 2.27. The van der Waals surface area contributed by atoms with Crippen LogP contribution >= 0.6 is 0 Å². The molecule has 6 nitrogen and oxygen atoms in total. The fourth-order valence-electron chi connectivity index (χ4n) is 1.42. The molecule has 0 amide bonds. The Morgan fingerprint density at radius 3 is 2.72 bits per heavy atom. The zero-order valence-electron chi connectivity index (χ0n) is 9.66. The molecule has 2 aromatic rings. The molecule has 0 fully saturated rings. The van der Waals surface area contributed by atoms with Gasteiger partial charge >= 0.3 is 0 Å². The summed E-state index contributed by atoms with van der Waals surface area (Å²) in [5.74, 6) is 0.701. The van der Waals surface area contributed by atoms with Gasteiger partial charge in [0.1, 0.15) is 5.75 Å². The van der Waals surface area contributed by atoms with Crippen LogP contribution in [0.4, 0.5) is 11.4 Å². The summed E-state index contributed by atoms with van der Waals surface area (Å²) < 4.78 is 5.41. The molecule has 2 rings (SSSR count). The molecular weight excluding hydrogens is 234 g/mol. The topological polar surface area (TPSA) is 91.3 Å². The Morgan fingerprint density at radius 1 is 1.33 bits per heavy atom. The van der Waals surface area contributed by atoms with Crippen LogP contribution in [0, 0.1) is 17.0 Å². The number of rotatable bonds is 3. The van der Waals surface area contributed by atoms with Crippen LogP contribution in [-0.4, -0.2) is 9.91 Å². The zero-order valence-corrected chi connectivity index (χ0v) is 9.66. The average molecular weight is 245 g/mol. The highest BCUT2D eigenvalue weighted by Gasteiger charge is 2.12. The number of nitro benzene ring substituents is 1. The van der Waals surface area contributed by atoms with Gasteiger partial charge in [0.25, 0.3) is 5.69 Å². The van der Waals surface area contributed by atoms with Gasteiger partial charge in [-0.05, 0) is 25.1 Å². The third-order valence-corrected chi connectivity index (χ3v) is 2.36. The number of aryl methyl sites for hydroxylation is 1. The van der Waals surface area contributed by atoms with E-state index < -0.39 is 4.92 Å². The number of aromatic nitrogens is 1. The number of benzene rings is 1. The van der Waals surface area contributed by atoms with Gasteiger partial charge in [-0.2, -0.15) is 0 Å². The number of ether oxygens (including phenoxy) is 1. The summed E-state index contributed by atoms with van der Waals surface area (Å²) in [6, 6.07) is 7.89. The van der Waals surface area contributed by atoms with Crippen LogP contribution in [0.1, 0.15) is 5.56 Å². The summed E-state index contributed by atoms with van der Waals surface area (Å²) in [7, 11) is 0. The lowest BCUT2D eigenvalue weighted by atomic mass is 10.2. The zero-order chi connectivity index (χ0) is 13.1. The van der Waals surface area contributed by atoms with Gasteiger partial charge in [-0.15, -0.1) is 0 Å². The van der Waals surface area contributed by atoms with Gasteiger partial charge < -0.3 is 10.5 Å². The number of nitrogen functional groups attached to an aromatic ring is 1. The quantitative estimate of drug-likeness (QED) is 0.663. The smallest absolute Gasteiger partial charge is 0.276 e. The van der Waals surface area contributed by atoms with Crippen molar-refractivity contribution in [2.45, 2.75) is 6.92 Å². The highest BCUT2D eigenvalue weighted by molar-refractivity contribution is 5.46. The SMILES string of the molecule is Cc1ccc(Oc2ccc(N)cn2)cc1[N+](=O)[O-]. The van der Waals surface area contributed by atoms with Crippen molar-refractivity contribution in [3.8, 4) is 11.6 Å². The lowest BCUT2D eigenvalue weighted by molar-refractivity contribution is -0.385. The molecule has 1 aromatic carbocycles. The van der Waals surface area contributed by atoms with Crippen LogP contribution in [0.2, 0.25) is 0 Å². The number of nitrogens with zero attached hydrogens (tertiary/aromatic N) is 2. The summed E-state index contributed by atoms with van der Waals surface area (Å²) in [6.07, 6.45) is 1.46. The summed E-state index contributed by atoms with van der Waals surface area (Å²) in [4.78, 5) is 14.3.